The number of piperazine rings is 1. The number of rotatable bonds is 3. The van der Waals surface area contributed by atoms with Crippen LogP contribution in [0.1, 0.15) is 32.2 Å². The van der Waals surface area contributed by atoms with Gasteiger partial charge in [0.05, 0.1) is 10.7 Å². The van der Waals surface area contributed by atoms with E-state index >= 15 is 0 Å². The average molecular weight is 442 g/mol. The van der Waals surface area contributed by atoms with E-state index in [4.69, 9.17) is 11.6 Å². The first-order valence-electron chi connectivity index (χ1n) is 9.88. The Labute approximate surface area is 184 Å². The first-order chi connectivity index (χ1) is 14.8. The van der Waals surface area contributed by atoms with E-state index in [1.165, 1.54) is 24.3 Å². The first kappa shape index (κ1) is 21.0. The Morgan fingerprint density at radius 3 is 2.13 bits per heavy atom. The monoisotopic (exact) mass is 441 g/mol. The van der Waals surface area contributed by atoms with E-state index in [9.17, 15) is 14.0 Å². The molecule has 0 radical (unpaired) electrons. The molecule has 4 rings (SSSR count). The third kappa shape index (κ3) is 4.29. The van der Waals surface area contributed by atoms with Crippen LogP contribution in [0.25, 0.3) is 5.82 Å². The summed E-state index contributed by atoms with van der Waals surface area (Å²) in [4.78, 5) is 33.4. The summed E-state index contributed by atoms with van der Waals surface area (Å²) >= 11 is 6.28. The lowest BCUT2D eigenvalue weighted by Crippen LogP contribution is -2.50. The van der Waals surface area contributed by atoms with Crippen LogP contribution in [0.5, 0.6) is 0 Å². The van der Waals surface area contributed by atoms with Gasteiger partial charge < -0.3 is 9.80 Å². The van der Waals surface area contributed by atoms with Gasteiger partial charge in [-0.25, -0.2) is 14.1 Å². The zero-order chi connectivity index (χ0) is 22.1. The molecule has 7 nitrogen and oxygen atoms in total. The SMILES string of the molecule is Cc1cc(C)n(-c2ccc(Cl)c(C(=O)N3CCN(C(=O)c4ccc(F)cc4)CC3)n2)n1. The largest absolute Gasteiger partial charge is 0.335 e. The van der Waals surface area contributed by atoms with Crippen LogP contribution in [0.2, 0.25) is 5.02 Å². The van der Waals surface area contributed by atoms with Crippen LogP contribution in [-0.4, -0.2) is 62.6 Å². The predicted octanol–water partition coefficient (Wildman–Crippen LogP) is 3.27. The summed E-state index contributed by atoms with van der Waals surface area (Å²) in [6.07, 6.45) is 0. The van der Waals surface area contributed by atoms with Gasteiger partial charge in [0.2, 0.25) is 0 Å². The third-order valence-electron chi connectivity index (χ3n) is 5.21. The molecule has 0 atom stereocenters. The number of nitrogens with zero attached hydrogens (tertiary/aromatic N) is 5. The second-order valence-electron chi connectivity index (χ2n) is 7.43. The average Bonchev–Trinajstić information content (AvgIpc) is 3.11. The maximum Gasteiger partial charge on any atom is 0.274 e. The van der Waals surface area contributed by atoms with E-state index in [1.54, 1.807) is 26.6 Å². The van der Waals surface area contributed by atoms with E-state index in [1.807, 2.05) is 19.9 Å². The smallest absolute Gasteiger partial charge is 0.274 e. The van der Waals surface area contributed by atoms with Gasteiger partial charge in [-0.05, 0) is 56.3 Å². The quantitative estimate of drug-likeness (QED) is 0.625. The van der Waals surface area contributed by atoms with Crippen LogP contribution in [0.3, 0.4) is 0 Å². The zero-order valence-electron chi connectivity index (χ0n) is 17.2. The molecule has 0 unspecified atom stereocenters. The van der Waals surface area contributed by atoms with Crippen molar-refractivity contribution in [2.24, 2.45) is 0 Å². The second-order valence-corrected chi connectivity index (χ2v) is 7.84. The summed E-state index contributed by atoms with van der Waals surface area (Å²) in [6.45, 7) is 5.25. The Kier molecular flexibility index (Phi) is 5.73. The minimum absolute atomic E-state index is 0.157. The highest BCUT2D eigenvalue weighted by Gasteiger charge is 2.27. The molecule has 1 aromatic carbocycles. The number of hydrogen-bond acceptors (Lipinski definition) is 4. The molecule has 2 aromatic heterocycles. The Morgan fingerprint density at radius 2 is 1.55 bits per heavy atom. The van der Waals surface area contributed by atoms with E-state index in [0.717, 1.165) is 11.4 Å². The number of amides is 2. The molecule has 31 heavy (non-hydrogen) atoms. The minimum atomic E-state index is -0.390. The molecule has 1 aliphatic rings. The van der Waals surface area contributed by atoms with Crippen molar-refractivity contribution in [3.8, 4) is 5.82 Å². The van der Waals surface area contributed by atoms with Crippen LogP contribution in [0, 0.1) is 19.7 Å². The predicted molar refractivity (Wildman–Crippen MR) is 114 cm³/mol. The van der Waals surface area contributed by atoms with Gasteiger partial charge in [0.15, 0.2) is 5.82 Å². The van der Waals surface area contributed by atoms with Crippen LogP contribution in [-0.2, 0) is 0 Å². The van der Waals surface area contributed by atoms with Crippen LogP contribution >= 0.6 is 11.6 Å². The van der Waals surface area contributed by atoms with Gasteiger partial charge in [0.25, 0.3) is 11.8 Å². The topological polar surface area (TPSA) is 71.3 Å². The Bertz CT molecular complexity index is 1140. The van der Waals surface area contributed by atoms with E-state index in [0.29, 0.717) is 37.6 Å². The second kappa shape index (κ2) is 8.47. The summed E-state index contributed by atoms with van der Waals surface area (Å²) in [5.41, 5.74) is 2.33. The van der Waals surface area contributed by atoms with Crippen LogP contribution in [0.4, 0.5) is 4.39 Å². The summed E-state index contributed by atoms with van der Waals surface area (Å²) in [7, 11) is 0. The Hall–Kier alpha value is -3.26. The van der Waals surface area contributed by atoms with Gasteiger partial charge in [0, 0.05) is 37.4 Å². The maximum absolute atomic E-state index is 13.1. The fourth-order valence-corrected chi connectivity index (χ4v) is 3.78. The lowest BCUT2D eigenvalue weighted by atomic mass is 10.1. The van der Waals surface area contributed by atoms with E-state index in [2.05, 4.69) is 10.1 Å². The van der Waals surface area contributed by atoms with Crippen molar-refractivity contribution < 1.29 is 14.0 Å². The van der Waals surface area contributed by atoms with Crippen LogP contribution < -0.4 is 0 Å². The van der Waals surface area contributed by atoms with Gasteiger partial charge in [-0.1, -0.05) is 11.6 Å². The molecule has 2 amide bonds. The minimum Gasteiger partial charge on any atom is -0.335 e. The summed E-state index contributed by atoms with van der Waals surface area (Å²) in [5.74, 6) is -0.348. The summed E-state index contributed by atoms with van der Waals surface area (Å²) < 4.78 is 14.8. The van der Waals surface area contributed by atoms with Crippen molar-refractivity contribution in [1.29, 1.82) is 0 Å². The van der Waals surface area contributed by atoms with Crippen molar-refractivity contribution in [2.75, 3.05) is 26.2 Å². The molecule has 0 aliphatic carbocycles. The summed E-state index contributed by atoms with van der Waals surface area (Å²) in [6, 6.07) is 10.7. The molecule has 0 N–H and O–H groups in total. The number of aryl methyl sites for hydroxylation is 2. The number of carbonyl (C=O) groups is 2. The Balaban J connectivity index is 1.47. The Morgan fingerprint density at radius 1 is 0.935 bits per heavy atom. The lowest BCUT2D eigenvalue weighted by molar-refractivity contribution is 0.0532. The summed E-state index contributed by atoms with van der Waals surface area (Å²) in [5, 5.41) is 4.67. The van der Waals surface area contributed by atoms with Gasteiger partial charge in [-0.2, -0.15) is 5.10 Å². The van der Waals surface area contributed by atoms with Crippen molar-refractivity contribution in [3.63, 3.8) is 0 Å². The van der Waals surface area contributed by atoms with Gasteiger partial charge in [-0.3, -0.25) is 9.59 Å². The van der Waals surface area contributed by atoms with Crippen molar-refractivity contribution >= 4 is 23.4 Å². The van der Waals surface area contributed by atoms with Crippen molar-refractivity contribution in [1.82, 2.24) is 24.6 Å². The highest BCUT2D eigenvalue weighted by molar-refractivity contribution is 6.33. The number of halogens is 2. The first-order valence-corrected chi connectivity index (χ1v) is 10.3. The van der Waals surface area contributed by atoms with Crippen molar-refractivity contribution in [2.45, 2.75) is 13.8 Å². The molecule has 0 bridgehead atoms. The van der Waals surface area contributed by atoms with Gasteiger partial charge >= 0.3 is 0 Å². The highest BCUT2D eigenvalue weighted by Crippen LogP contribution is 2.20. The molecule has 9 heteroatoms. The number of aromatic nitrogens is 3. The number of benzene rings is 1. The standard InChI is InChI=1S/C22H21ClFN5O2/c1-14-13-15(2)29(26-14)19-8-7-18(23)20(25-19)22(31)28-11-9-27(10-12-28)21(30)16-3-5-17(24)6-4-16/h3-8,13H,9-12H2,1-2H3. The normalized spacial score (nSPS) is 14.1. The van der Waals surface area contributed by atoms with E-state index < -0.39 is 0 Å². The van der Waals surface area contributed by atoms with Crippen molar-refractivity contribution in [3.05, 3.63) is 75.9 Å². The molecule has 1 saturated heterocycles. The molecule has 1 fully saturated rings. The van der Waals surface area contributed by atoms with Gasteiger partial charge in [-0.15, -0.1) is 0 Å². The lowest BCUT2D eigenvalue weighted by Gasteiger charge is -2.34. The molecule has 3 heterocycles. The molecular weight excluding hydrogens is 421 g/mol. The molecule has 0 saturated carbocycles. The molecule has 0 spiro atoms. The zero-order valence-corrected chi connectivity index (χ0v) is 17.9. The maximum atomic E-state index is 13.1. The molecule has 1 aliphatic heterocycles. The fourth-order valence-electron chi connectivity index (χ4n) is 3.60. The highest BCUT2D eigenvalue weighted by atomic mass is 35.5. The fraction of sp³-hybridized carbons (Fsp3) is 0.273. The number of pyridine rings is 1. The van der Waals surface area contributed by atoms with Crippen LogP contribution in [0.15, 0.2) is 42.5 Å². The number of hydrogen-bond donors (Lipinski definition) is 0. The molecular formula is C22H21ClFN5O2. The molecule has 160 valence electrons. The van der Waals surface area contributed by atoms with E-state index in [-0.39, 0.29) is 28.3 Å². The van der Waals surface area contributed by atoms with Gasteiger partial charge in [0.1, 0.15) is 11.5 Å². The third-order valence-corrected chi connectivity index (χ3v) is 5.51. The number of carbonyl (C=O) groups excluding carboxylic acids is 2. The molecule has 3 aromatic rings.